The number of nitrogens with one attached hydrogen (secondary N) is 1. The van der Waals surface area contributed by atoms with Gasteiger partial charge in [0.25, 0.3) is 5.91 Å². The molecule has 0 aromatic carbocycles. The highest BCUT2D eigenvalue weighted by atomic mass is 32.1. The third-order valence-corrected chi connectivity index (χ3v) is 3.32. The van der Waals surface area contributed by atoms with Crippen LogP contribution in [0.25, 0.3) is 0 Å². The molecule has 2 aromatic heterocycles. The van der Waals surface area contributed by atoms with Gasteiger partial charge in [-0.05, 0) is 12.1 Å². The summed E-state index contributed by atoms with van der Waals surface area (Å²) in [5.74, 6) is 4.17. The largest absolute Gasteiger partial charge is 0.433 e. The maximum Gasteiger partial charge on any atom is 0.433 e. The van der Waals surface area contributed by atoms with E-state index in [1.165, 1.54) is 17.4 Å². The van der Waals surface area contributed by atoms with Crippen LogP contribution < -0.4 is 5.32 Å². The third kappa shape index (κ3) is 3.92. The van der Waals surface area contributed by atoms with Crippen LogP contribution in [0.15, 0.2) is 28.0 Å². The number of furan rings is 1. The number of rotatable bonds is 4. The quantitative estimate of drug-likeness (QED) is 0.506. The van der Waals surface area contributed by atoms with Gasteiger partial charge >= 0.3 is 5.88 Å². The second-order valence-electron chi connectivity index (χ2n) is 3.84. The standard InChI is InChI=1S/C13H10N2O5S/c16-5-1-2-9-6-10(21-8-9)7-14-13(17)11-3-4-12(20-11)15(18)19/h3-4,6,8,16H,5,7H2,(H,14,17). The van der Waals surface area contributed by atoms with Crippen molar-refractivity contribution in [1.29, 1.82) is 0 Å². The summed E-state index contributed by atoms with van der Waals surface area (Å²) in [5, 5.41) is 23.5. The van der Waals surface area contributed by atoms with Crippen LogP contribution in [0, 0.1) is 22.0 Å². The molecule has 0 atom stereocenters. The lowest BCUT2D eigenvalue weighted by atomic mass is 10.3. The molecule has 0 spiro atoms. The second kappa shape index (κ2) is 6.69. The molecule has 0 radical (unpaired) electrons. The van der Waals surface area contributed by atoms with E-state index in [2.05, 4.69) is 17.2 Å². The van der Waals surface area contributed by atoms with Crippen molar-refractivity contribution in [2.24, 2.45) is 0 Å². The van der Waals surface area contributed by atoms with Gasteiger partial charge in [0.15, 0.2) is 5.76 Å². The first-order valence-corrected chi connectivity index (χ1v) is 6.67. The number of hydrogen-bond donors (Lipinski definition) is 2. The highest BCUT2D eigenvalue weighted by molar-refractivity contribution is 7.10. The normalized spacial score (nSPS) is 9.76. The summed E-state index contributed by atoms with van der Waals surface area (Å²) in [6, 6.07) is 4.17. The zero-order chi connectivity index (χ0) is 15.2. The van der Waals surface area contributed by atoms with Crippen molar-refractivity contribution >= 4 is 23.1 Å². The summed E-state index contributed by atoms with van der Waals surface area (Å²) in [5.41, 5.74) is 0.756. The van der Waals surface area contributed by atoms with Crippen LogP contribution in [0.2, 0.25) is 0 Å². The van der Waals surface area contributed by atoms with E-state index < -0.39 is 16.7 Å². The number of hydrogen-bond acceptors (Lipinski definition) is 6. The number of nitro groups is 1. The Labute approximate surface area is 123 Å². The molecule has 108 valence electrons. The van der Waals surface area contributed by atoms with Gasteiger partial charge in [-0.3, -0.25) is 14.9 Å². The molecule has 0 aliphatic heterocycles. The first kappa shape index (κ1) is 14.8. The molecule has 0 saturated carbocycles. The Morgan fingerprint density at radius 3 is 3.00 bits per heavy atom. The van der Waals surface area contributed by atoms with E-state index >= 15 is 0 Å². The maximum atomic E-state index is 11.7. The highest BCUT2D eigenvalue weighted by Gasteiger charge is 2.17. The first-order chi connectivity index (χ1) is 10.1. The van der Waals surface area contributed by atoms with Crippen molar-refractivity contribution in [3.63, 3.8) is 0 Å². The Morgan fingerprint density at radius 2 is 2.33 bits per heavy atom. The molecule has 21 heavy (non-hydrogen) atoms. The molecule has 0 bridgehead atoms. The van der Waals surface area contributed by atoms with Crippen molar-refractivity contribution < 1.29 is 19.2 Å². The number of thiophene rings is 1. The summed E-state index contributed by atoms with van der Waals surface area (Å²) in [7, 11) is 0. The molecule has 7 nitrogen and oxygen atoms in total. The van der Waals surface area contributed by atoms with E-state index in [0.29, 0.717) is 0 Å². The predicted octanol–water partition coefficient (Wildman–Crippen LogP) is 1.52. The van der Waals surface area contributed by atoms with Gasteiger partial charge in [-0.1, -0.05) is 11.8 Å². The molecular formula is C13H10N2O5S. The van der Waals surface area contributed by atoms with Gasteiger partial charge in [0.2, 0.25) is 0 Å². The SMILES string of the molecule is O=C(NCc1cc(C#CCO)cs1)c1ccc([N+](=O)[O-])o1. The van der Waals surface area contributed by atoms with Gasteiger partial charge in [0.1, 0.15) is 11.5 Å². The summed E-state index contributed by atoms with van der Waals surface area (Å²) in [4.78, 5) is 22.4. The lowest BCUT2D eigenvalue weighted by molar-refractivity contribution is -0.402. The van der Waals surface area contributed by atoms with Crippen LogP contribution in [-0.2, 0) is 6.54 Å². The minimum Gasteiger partial charge on any atom is -0.395 e. The van der Waals surface area contributed by atoms with Crippen LogP contribution >= 0.6 is 11.3 Å². The number of aliphatic hydroxyl groups is 1. The Morgan fingerprint density at radius 1 is 1.52 bits per heavy atom. The van der Waals surface area contributed by atoms with Crippen molar-refractivity contribution in [2.75, 3.05) is 6.61 Å². The lowest BCUT2D eigenvalue weighted by Gasteiger charge is -1.99. The summed E-state index contributed by atoms with van der Waals surface area (Å²) in [6.45, 7) is 0.0536. The van der Waals surface area contributed by atoms with Crippen molar-refractivity contribution in [3.05, 3.63) is 49.9 Å². The van der Waals surface area contributed by atoms with Gasteiger partial charge < -0.3 is 14.8 Å². The predicted molar refractivity (Wildman–Crippen MR) is 74.8 cm³/mol. The Hall–Kier alpha value is -2.63. The van der Waals surface area contributed by atoms with Crippen LogP contribution in [0.5, 0.6) is 0 Å². The minimum atomic E-state index is -0.706. The van der Waals surface area contributed by atoms with Gasteiger partial charge in [-0.25, -0.2) is 0 Å². The van der Waals surface area contributed by atoms with Crippen LogP contribution in [0.3, 0.4) is 0 Å². The topological polar surface area (TPSA) is 106 Å². The molecule has 0 unspecified atom stereocenters. The number of carbonyl (C=O) groups excluding carboxylic acids is 1. The molecule has 2 N–H and O–H groups in total. The molecule has 0 aliphatic carbocycles. The number of amides is 1. The highest BCUT2D eigenvalue weighted by Crippen LogP contribution is 2.16. The molecule has 2 rings (SSSR count). The third-order valence-electron chi connectivity index (χ3n) is 2.38. The molecule has 0 fully saturated rings. The second-order valence-corrected chi connectivity index (χ2v) is 4.84. The Balaban J connectivity index is 1.94. The van der Waals surface area contributed by atoms with E-state index in [1.54, 1.807) is 6.07 Å². The number of nitrogens with zero attached hydrogens (tertiary/aromatic N) is 1. The maximum absolute atomic E-state index is 11.7. The molecule has 0 aliphatic rings. The first-order valence-electron chi connectivity index (χ1n) is 5.79. The molecular weight excluding hydrogens is 296 g/mol. The number of aliphatic hydroxyl groups excluding tert-OH is 1. The van der Waals surface area contributed by atoms with Gasteiger partial charge in [0, 0.05) is 15.8 Å². The minimum absolute atomic E-state index is 0.112. The molecule has 2 heterocycles. The summed E-state index contributed by atoms with van der Waals surface area (Å²) >= 11 is 1.41. The van der Waals surface area contributed by atoms with Crippen molar-refractivity contribution in [3.8, 4) is 11.8 Å². The monoisotopic (exact) mass is 306 g/mol. The van der Waals surface area contributed by atoms with Gasteiger partial charge in [0.05, 0.1) is 12.6 Å². The summed E-state index contributed by atoms with van der Waals surface area (Å²) in [6.07, 6.45) is 0. The van der Waals surface area contributed by atoms with E-state index in [0.717, 1.165) is 16.5 Å². The Kier molecular flexibility index (Phi) is 4.71. The van der Waals surface area contributed by atoms with Crippen LogP contribution in [0.4, 0.5) is 5.88 Å². The molecule has 8 heteroatoms. The fraction of sp³-hybridized carbons (Fsp3) is 0.154. The van der Waals surface area contributed by atoms with Crippen LogP contribution in [0.1, 0.15) is 21.0 Å². The van der Waals surface area contributed by atoms with Crippen LogP contribution in [-0.4, -0.2) is 22.5 Å². The van der Waals surface area contributed by atoms with Crippen molar-refractivity contribution in [1.82, 2.24) is 5.32 Å². The molecule has 1 amide bonds. The van der Waals surface area contributed by atoms with E-state index in [-0.39, 0.29) is 18.9 Å². The van der Waals surface area contributed by atoms with Gasteiger partial charge in [-0.2, -0.15) is 0 Å². The molecule has 2 aromatic rings. The zero-order valence-corrected chi connectivity index (χ0v) is 11.5. The zero-order valence-electron chi connectivity index (χ0n) is 10.7. The Bertz CT molecular complexity index is 722. The van der Waals surface area contributed by atoms with E-state index in [1.807, 2.05) is 5.38 Å². The fourth-order valence-corrected chi connectivity index (χ4v) is 2.24. The van der Waals surface area contributed by atoms with Gasteiger partial charge in [-0.15, -0.1) is 11.3 Å². The van der Waals surface area contributed by atoms with E-state index in [4.69, 9.17) is 9.52 Å². The fourth-order valence-electron chi connectivity index (χ4n) is 1.48. The average molecular weight is 306 g/mol. The summed E-state index contributed by atoms with van der Waals surface area (Å²) < 4.78 is 4.80. The molecule has 0 saturated heterocycles. The van der Waals surface area contributed by atoms with Crippen molar-refractivity contribution in [2.45, 2.75) is 6.54 Å². The number of carbonyl (C=O) groups is 1. The smallest absolute Gasteiger partial charge is 0.395 e. The lowest BCUT2D eigenvalue weighted by Crippen LogP contribution is -2.21. The van der Waals surface area contributed by atoms with E-state index in [9.17, 15) is 14.9 Å². The average Bonchev–Trinajstić information content (AvgIpc) is 3.11.